The van der Waals surface area contributed by atoms with Crippen molar-refractivity contribution in [1.82, 2.24) is 4.72 Å². The summed E-state index contributed by atoms with van der Waals surface area (Å²) in [6.45, 7) is 0.281. The predicted octanol–water partition coefficient (Wildman–Crippen LogP) is 1.17. The first-order valence-corrected chi connectivity index (χ1v) is 8.22. The van der Waals surface area contributed by atoms with Gasteiger partial charge in [0.15, 0.2) is 0 Å². The van der Waals surface area contributed by atoms with E-state index in [1.165, 1.54) is 12.1 Å². The van der Waals surface area contributed by atoms with Crippen LogP contribution in [-0.2, 0) is 14.8 Å². The molecule has 5 nitrogen and oxygen atoms in total. The van der Waals surface area contributed by atoms with Crippen molar-refractivity contribution < 1.29 is 13.2 Å². The van der Waals surface area contributed by atoms with Gasteiger partial charge in [0.05, 0.1) is 10.5 Å². The zero-order valence-electron chi connectivity index (χ0n) is 11.3. The number of nitrogens with two attached hydrogens (primary N) is 1. The Morgan fingerprint density at radius 2 is 2.20 bits per heavy atom. The van der Waals surface area contributed by atoms with Gasteiger partial charge in [-0.15, -0.1) is 0 Å². The van der Waals surface area contributed by atoms with E-state index in [4.69, 9.17) is 22.7 Å². The molecule has 1 aromatic carbocycles. The third kappa shape index (κ3) is 3.17. The fraction of sp³-hybridized carbons (Fsp3) is 0.462. The number of rotatable bonds is 6. The molecule has 3 N–H and O–H groups in total. The van der Waals surface area contributed by atoms with Crippen molar-refractivity contribution >= 4 is 27.2 Å². The van der Waals surface area contributed by atoms with Crippen LogP contribution in [0.15, 0.2) is 29.2 Å². The lowest BCUT2D eigenvalue weighted by Crippen LogP contribution is -2.49. The minimum absolute atomic E-state index is 0.161. The van der Waals surface area contributed by atoms with Gasteiger partial charge in [0, 0.05) is 19.2 Å². The summed E-state index contributed by atoms with van der Waals surface area (Å²) in [5.41, 5.74) is 5.70. The average Bonchev–Trinajstić information content (AvgIpc) is 2.38. The van der Waals surface area contributed by atoms with Crippen molar-refractivity contribution in [2.75, 3.05) is 13.7 Å². The summed E-state index contributed by atoms with van der Waals surface area (Å²) >= 11 is 4.86. The minimum Gasteiger partial charge on any atom is -0.389 e. The maximum atomic E-state index is 12.3. The van der Waals surface area contributed by atoms with Gasteiger partial charge in [0.1, 0.15) is 4.99 Å². The topological polar surface area (TPSA) is 81.4 Å². The van der Waals surface area contributed by atoms with E-state index in [0.29, 0.717) is 5.56 Å². The molecule has 1 aliphatic carbocycles. The largest absolute Gasteiger partial charge is 0.389 e. The van der Waals surface area contributed by atoms with E-state index >= 15 is 0 Å². The molecule has 1 fully saturated rings. The van der Waals surface area contributed by atoms with E-state index in [2.05, 4.69) is 4.72 Å². The zero-order chi connectivity index (χ0) is 14.8. The highest BCUT2D eigenvalue weighted by Crippen LogP contribution is 2.34. The third-order valence-corrected chi connectivity index (χ3v) is 5.35. The number of ether oxygens (including phenoxy) is 1. The molecule has 1 aliphatic rings. The summed E-state index contributed by atoms with van der Waals surface area (Å²) in [5.74, 6) is 0. The summed E-state index contributed by atoms with van der Waals surface area (Å²) in [7, 11) is -1.97. The molecule has 0 saturated heterocycles. The van der Waals surface area contributed by atoms with Crippen LogP contribution in [0.2, 0.25) is 0 Å². The number of benzene rings is 1. The van der Waals surface area contributed by atoms with Crippen molar-refractivity contribution in [2.45, 2.75) is 29.8 Å². The molecule has 110 valence electrons. The van der Waals surface area contributed by atoms with Gasteiger partial charge < -0.3 is 10.5 Å². The molecule has 0 amide bonds. The fourth-order valence-corrected chi connectivity index (χ4v) is 3.44. The van der Waals surface area contributed by atoms with E-state index in [-0.39, 0.29) is 22.0 Å². The van der Waals surface area contributed by atoms with Gasteiger partial charge in [-0.1, -0.05) is 24.4 Å². The Kier molecular flexibility index (Phi) is 4.43. The summed E-state index contributed by atoms with van der Waals surface area (Å²) in [5, 5.41) is 0. The van der Waals surface area contributed by atoms with Crippen molar-refractivity contribution in [3.63, 3.8) is 0 Å². The monoisotopic (exact) mass is 314 g/mol. The Bertz CT molecular complexity index is 604. The predicted molar refractivity (Wildman–Crippen MR) is 81.1 cm³/mol. The Balaban J connectivity index is 2.14. The Labute approximate surface area is 124 Å². The molecule has 1 saturated carbocycles. The van der Waals surface area contributed by atoms with Crippen LogP contribution in [0.1, 0.15) is 24.8 Å². The normalized spacial score (nSPS) is 17.4. The van der Waals surface area contributed by atoms with Crippen molar-refractivity contribution in [3.8, 4) is 0 Å². The molecule has 0 spiro atoms. The average molecular weight is 314 g/mol. The van der Waals surface area contributed by atoms with Gasteiger partial charge in [-0.2, -0.15) is 0 Å². The second-order valence-electron chi connectivity index (χ2n) is 4.96. The number of methoxy groups -OCH3 is 1. The number of sulfonamides is 1. The molecule has 1 aromatic rings. The zero-order valence-corrected chi connectivity index (χ0v) is 12.9. The summed E-state index contributed by atoms with van der Waals surface area (Å²) in [4.78, 5) is 0.336. The molecule has 20 heavy (non-hydrogen) atoms. The molecule has 0 aromatic heterocycles. The molecule has 0 unspecified atom stereocenters. The van der Waals surface area contributed by atoms with Crippen LogP contribution >= 0.6 is 12.2 Å². The summed E-state index contributed by atoms with van der Waals surface area (Å²) in [6, 6.07) is 6.30. The highest BCUT2D eigenvalue weighted by molar-refractivity contribution is 7.89. The van der Waals surface area contributed by atoms with E-state index < -0.39 is 10.0 Å². The quantitative estimate of drug-likeness (QED) is 0.770. The molecule has 7 heteroatoms. The van der Waals surface area contributed by atoms with Crippen LogP contribution in [0.25, 0.3) is 0 Å². The Hall–Kier alpha value is -1.02. The van der Waals surface area contributed by atoms with Crippen LogP contribution in [-0.4, -0.2) is 32.7 Å². The van der Waals surface area contributed by atoms with Crippen molar-refractivity contribution in [3.05, 3.63) is 29.8 Å². The Morgan fingerprint density at radius 3 is 2.70 bits per heavy atom. The third-order valence-electron chi connectivity index (χ3n) is 3.71. The smallest absolute Gasteiger partial charge is 0.240 e. The van der Waals surface area contributed by atoms with Crippen LogP contribution in [0.5, 0.6) is 0 Å². The fourth-order valence-electron chi connectivity index (χ4n) is 2.15. The molecule has 0 atom stereocenters. The summed E-state index contributed by atoms with van der Waals surface area (Å²) < 4.78 is 32.5. The lowest BCUT2D eigenvalue weighted by atomic mass is 9.80. The molecule has 2 rings (SSSR count). The molecule has 0 bridgehead atoms. The van der Waals surface area contributed by atoms with E-state index in [1.807, 2.05) is 0 Å². The summed E-state index contributed by atoms with van der Waals surface area (Å²) in [6.07, 6.45) is 2.81. The number of hydrogen-bond donors (Lipinski definition) is 2. The molecule has 0 radical (unpaired) electrons. The van der Waals surface area contributed by atoms with Gasteiger partial charge in [0.2, 0.25) is 10.0 Å². The van der Waals surface area contributed by atoms with E-state index in [9.17, 15) is 8.42 Å². The SMILES string of the molecule is COC1(CNS(=O)(=O)c2cccc(C(N)=S)c2)CCC1. The van der Waals surface area contributed by atoms with Crippen LogP contribution in [0.3, 0.4) is 0 Å². The lowest BCUT2D eigenvalue weighted by Gasteiger charge is -2.40. The molecular weight excluding hydrogens is 296 g/mol. The second-order valence-corrected chi connectivity index (χ2v) is 7.16. The van der Waals surface area contributed by atoms with Crippen LogP contribution in [0, 0.1) is 0 Å². The lowest BCUT2D eigenvalue weighted by molar-refractivity contribution is -0.0659. The number of thiocarbonyl (C=S) groups is 1. The van der Waals surface area contributed by atoms with Gasteiger partial charge in [-0.3, -0.25) is 0 Å². The van der Waals surface area contributed by atoms with Gasteiger partial charge >= 0.3 is 0 Å². The number of hydrogen-bond acceptors (Lipinski definition) is 4. The first-order chi connectivity index (χ1) is 9.38. The maximum Gasteiger partial charge on any atom is 0.240 e. The Morgan fingerprint density at radius 1 is 1.50 bits per heavy atom. The second kappa shape index (κ2) is 5.77. The highest BCUT2D eigenvalue weighted by Gasteiger charge is 2.38. The van der Waals surface area contributed by atoms with Crippen molar-refractivity contribution in [2.24, 2.45) is 5.73 Å². The molecule has 0 aliphatic heterocycles. The van der Waals surface area contributed by atoms with Gasteiger partial charge in [-0.05, 0) is 31.4 Å². The van der Waals surface area contributed by atoms with Gasteiger partial charge in [-0.25, -0.2) is 13.1 Å². The highest BCUT2D eigenvalue weighted by atomic mass is 32.2. The van der Waals surface area contributed by atoms with Crippen LogP contribution < -0.4 is 10.5 Å². The van der Waals surface area contributed by atoms with E-state index in [0.717, 1.165) is 19.3 Å². The van der Waals surface area contributed by atoms with Crippen LogP contribution in [0.4, 0.5) is 0 Å². The maximum absolute atomic E-state index is 12.3. The molecule has 0 heterocycles. The van der Waals surface area contributed by atoms with E-state index in [1.54, 1.807) is 19.2 Å². The first kappa shape index (κ1) is 15.4. The molecular formula is C13H18N2O3S2. The first-order valence-electron chi connectivity index (χ1n) is 6.33. The standard InChI is InChI=1S/C13H18N2O3S2/c1-18-13(6-3-7-13)9-15-20(16,17)11-5-2-4-10(8-11)12(14)19/h2,4-5,8,15H,3,6-7,9H2,1H3,(H2,14,19). The number of nitrogens with one attached hydrogen (secondary N) is 1. The minimum atomic E-state index is -3.58. The van der Waals surface area contributed by atoms with Gasteiger partial charge in [0.25, 0.3) is 0 Å². The van der Waals surface area contributed by atoms with Crippen molar-refractivity contribution in [1.29, 1.82) is 0 Å².